The molecule has 0 aromatic heterocycles. The molecule has 0 radical (unpaired) electrons. The second-order valence-corrected chi connectivity index (χ2v) is 9.15. The number of hydrogen-bond donors (Lipinski definition) is 2. The summed E-state index contributed by atoms with van der Waals surface area (Å²) in [6.07, 6.45) is -4.55. The Morgan fingerprint density at radius 3 is 2.36 bits per heavy atom. The van der Waals surface area contributed by atoms with Crippen LogP contribution in [0.15, 0.2) is 76.5 Å². The maximum Gasteiger partial charge on any atom is 0.416 e. The molecule has 0 unspecified atom stereocenters. The Bertz CT molecular complexity index is 1260. The van der Waals surface area contributed by atoms with Crippen molar-refractivity contribution in [3.8, 4) is 5.75 Å². The van der Waals surface area contributed by atoms with Gasteiger partial charge in [0.1, 0.15) is 5.75 Å². The minimum absolute atomic E-state index is 0.0120. The number of hydrogen-bond acceptors (Lipinski definition) is 5. The average molecular weight is 499 g/mol. The third-order valence-electron chi connectivity index (χ3n) is 4.52. The standard InChI is InChI=1S/C22H18ClF3N2O4S/c1-32-17-6-8-18(9-7-17)33(30,31)20-12-15(23)5-10-19(20)27-13-21(29)28-16-4-2-3-14(11-16)22(24,25)26/h2-12,27H,13H2,1H3,(H,28,29). The van der Waals surface area contributed by atoms with Crippen molar-refractivity contribution in [2.45, 2.75) is 16.0 Å². The van der Waals surface area contributed by atoms with Crippen LogP contribution in [0, 0.1) is 0 Å². The third-order valence-corrected chi connectivity index (χ3v) is 6.56. The van der Waals surface area contributed by atoms with Gasteiger partial charge in [-0.25, -0.2) is 8.42 Å². The lowest BCUT2D eigenvalue weighted by Crippen LogP contribution is -2.23. The van der Waals surface area contributed by atoms with Crippen molar-refractivity contribution in [1.29, 1.82) is 0 Å². The normalized spacial score (nSPS) is 11.7. The van der Waals surface area contributed by atoms with Crippen molar-refractivity contribution in [1.82, 2.24) is 0 Å². The molecule has 0 saturated carbocycles. The number of benzene rings is 3. The van der Waals surface area contributed by atoms with E-state index in [2.05, 4.69) is 10.6 Å². The maximum absolute atomic E-state index is 13.1. The molecule has 0 aliphatic heterocycles. The molecule has 3 aromatic rings. The number of anilines is 2. The summed E-state index contributed by atoms with van der Waals surface area (Å²) in [7, 11) is -2.55. The van der Waals surface area contributed by atoms with Crippen LogP contribution < -0.4 is 15.4 Å². The second-order valence-electron chi connectivity index (χ2n) is 6.80. The number of halogens is 4. The highest BCUT2D eigenvalue weighted by Crippen LogP contribution is 2.32. The van der Waals surface area contributed by atoms with Gasteiger partial charge in [0.25, 0.3) is 0 Å². The quantitative estimate of drug-likeness (QED) is 0.465. The van der Waals surface area contributed by atoms with E-state index >= 15 is 0 Å². The second kappa shape index (κ2) is 9.72. The van der Waals surface area contributed by atoms with Gasteiger partial charge in [0, 0.05) is 10.7 Å². The van der Waals surface area contributed by atoms with Crippen LogP contribution in [0.2, 0.25) is 5.02 Å². The molecule has 0 saturated heterocycles. The van der Waals surface area contributed by atoms with E-state index in [1.54, 1.807) is 0 Å². The van der Waals surface area contributed by atoms with E-state index in [0.29, 0.717) is 5.75 Å². The van der Waals surface area contributed by atoms with Crippen LogP contribution in [-0.4, -0.2) is 28.0 Å². The molecule has 11 heteroatoms. The molecule has 6 nitrogen and oxygen atoms in total. The summed E-state index contributed by atoms with van der Waals surface area (Å²) in [4.78, 5) is 12.1. The van der Waals surface area contributed by atoms with Crippen LogP contribution in [0.25, 0.3) is 0 Å². The number of carbonyl (C=O) groups excluding carboxylic acids is 1. The van der Waals surface area contributed by atoms with Crippen molar-refractivity contribution in [2.75, 3.05) is 24.3 Å². The molecule has 33 heavy (non-hydrogen) atoms. The SMILES string of the molecule is COc1ccc(S(=O)(=O)c2cc(Cl)ccc2NCC(=O)Nc2cccc(C(F)(F)F)c2)cc1. The van der Waals surface area contributed by atoms with Crippen LogP contribution >= 0.6 is 11.6 Å². The molecule has 0 bridgehead atoms. The Balaban J connectivity index is 1.79. The Hall–Kier alpha value is -3.24. The zero-order chi connectivity index (χ0) is 24.2. The number of alkyl halides is 3. The van der Waals surface area contributed by atoms with Crippen molar-refractivity contribution < 1.29 is 31.1 Å². The van der Waals surface area contributed by atoms with Gasteiger partial charge in [-0.2, -0.15) is 13.2 Å². The molecule has 0 heterocycles. The monoisotopic (exact) mass is 498 g/mol. The molecular weight excluding hydrogens is 481 g/mol. The number of ether oxygens (including phenoxy) is 1. The van der Waals surface area contributed by atoms with E-state index in [1.165, 1.54) is 61.7 Å². The Kier molecular flexibility index (Phi) is 7.19. The fraction of sp³-hybridized carbons (Fsp3) is 0.136. The summed E-state index contributed by atoms with van der Waals surface area (Å²) < 4.78 is 69.8. The Morgan fingerprint density at radius 2 is 1.73 bits per heavy atom. The number of rotatable bonds is 7. The summed E-state index contributed by atoms with van der Waals surface area (Å²) in [5.41, 5.74) is -0.841. The van der Waals surface area contributed by atoms with Crippen molar-refractivity contribution in [3.05, 3.63) is 77.3 Å². The van der Waals surface area contributed by atoms with Gasteiger partial charge in [-0.15, -0.1) is 0 Å². The highest BCUT2D eigenvalue weighted by Gasteiger charge is 2.30. The molecule has 2 N–H and O–H groups in total. The lowest BCUT2D eigenvalue weighted by atomic mass is 10.2. The molecular formula is C22H18ClF3N2O4S. The smallest absolute Gasteiger partial charge is 0.416 e. The first-order chi connectivity index (χ1) is 15.5. The number of nitrogens with one attached hydrogen (secondary N) is 2. The summed E-state index contributed by atoms with van der Waals surface area (Å²) in [6.45, 7) is -0.400. The van der Waals surface area contributed by atoms with E-state index in [1.807, 2.05) is 0 Å². The summed E-state index contributed by atoms with van der Waals surface area (Å²) in [6, 6.07) is 14.0. The fourth-order valence-electron chi connectivity index (χ4n) is 2.90. The van der Waals surface area contributed by atoms with Crippen LogP contribution in [0.5, 0.6) is 5.75 Å². The first-order valence-corrected chi connectivity index (χ1v) is 11.3. The van der Waals surface area contributed by atoms with Gasteiger partial charge in [0.05, 0.1) is 34.7 Å². The summed E-state index contributed by atoms with van der Waals surface area (Å²) in [5, 5.41) is 5.22. The predicted octanol–water partition coefficient (Wildman–Crippen LogP) is 5.25. The van der Waals surface area contributed by atoms with Gasteiger partial charge in [-0.3, -0.25) is 4.79 Å². The maximum atomic E-state index is 13.1. The Labute approximate surface area is 193 Å². The van der Waals surface area contributed by atoms with Crippen molar-refractivity contribution >= 4 is 38.7 Å². The van der Waals surface area contributed by atoms with E-state index in [-0.39, 0.29) is 26.2 Å². The van der Waals surface area contributed by atoms with Crippen LogP contribution in [0.4, 0.5) is 24.5 Å². The molecule has 3 rings (SSSR count). The zero-order valence-electron chi connectivity index (χ0n) is 17.1. The van der Waals surface area contributed by atoms with Gasteiger partial charge in [-0.05, 0) is 60.7 Å². The third kappa shape index (κ3) is 5.96. The van der Waals surface area contributed by atoms with Crippen LogP contribution in [0.1, 0.15) is 5.56 Å². The highest BCUT2D eigenvalue weighted by molar-refractivity contribution is 7.91. The fourth-order valence-corrected chi connectivity index (χ4v) is 4.60. The first kappa shape index (κ1) is 24.4. The van der Waals surface area contributed by atoms with E-state index in [4.69, 9.17) is 16.3 Å². The van der Waals surface area contributed by atoms with Crippen LogP contribution in [0.3, 0.4) is 0 Å². The van der Waals surface area contributed by atoms with Crippen molar-refractivity contribution in [2.24, 2.45) is 0 Å². The Morgan fingerprint density at radius 1 is 1.03 bits per heavy atom. The topological polar surface area (TPSA) is 84.5 Å². The number of amides is 1. The molecule has 0 atom stereocenters. The molecule has 0 spiro atoms. The zero-order valence-corrected chi connectivity index (χ0v) is 18.7. The summed E-state index contributed by atoms with van der Waals surface area (Å²) >= 11 is 6.00. The first-order valence-electron chi connectivity index (χ1n) is 9.40. The minimum atomic E-state index is -4.55. The molecule has 3 aromatic carbocycles. The van der Waals surface area contributed by atoms with Crippen molar-refractivity contribution in [3.63, 3.8) is 0 Å². The van der Waals surface area contributed by atoms with E-state index in [0.717, 1.165) is 12.1 Å². The largest absolute Gasteiger partial charge is 0.497 e. The minimum Gasteiger partial charge on any atom is -0.497 e. The molecule has 1 amide bonds. The lowest BCUT2D eigenvalue weighted by molar-refractivity contribution is -0.137. The van der Waals surface area contributed by atoms with Gasteiger partial charge >= 0.3 is 6.18 Å². The van der Waals surface area contributed by atoms with Gasteiger partial charge in [-0.1, -0.05) is 17.7 Å². The molecule has 0 aliphatic rings. The van der Waals surface area contributed by atoms with Gasteiger partial charge < -0.3 is 15.4 Å². The number of sulfone groups is 1. The van der Waals surface area contributed by atoms with Crippen LogP contribution in [-0.2, 0) is 20.8 Å². The lowest BCUT2D eigenvalue weighted by Gasteiger charge is -2.14. The molecule has 0 aliphatic carbocycles. The number of carbonyl (C=O) groups is 1. The summed E-state index contributed by atoms with van der Waals surface area (Å²) in [5.74, 6) is -0.193. The van der Waals surface area contributed by atoms with E-state index < -0.39 is 34.0 Å². The van der Waals surface area contributed by atoms with E-state index in [9.17, 15) is 26.4 Å². The molecule has 174 valence electrons. The molecule has 0 fully saturated rings. The number of methoxy groups -OCH3 is 1. The van der Waals surface area contributed by atoms with Gasteiger partial charge in [0.2, 0.25) is 15.7 Å². The average Bonchev–Trinajstić information content (AvgIpc) is 2.78. The highest BCUT2D eigenvalue weighted by atomic mass is 35.5. The van der Waals surface area contributed by atoms with Gasteiger partial charge in [0.15, 0.2) is 0 Å². The predicted molar refractivity (Wildman–Crippen MR) is 118 cm³/mol.